The minimum Gasteiger partial charge on any atom is -0.393 e. The van der Waals surface area contributed by atoms with E-state index in [9.17, 15) is 5.11 Å². The second-order valence-corrected chi connectivity index (χ2v) is 11.8. The van der Waals surface area contributed by atoms with E-state index >= 15 is 0 Å². The van der Waals surface area contributed by atoms with Crippen LogP contribution in [-0.4, -0.2) is 11.2 Å². The lowest BCUT2D eigenvalue weighted by atomic mass is 10.0. The Labute approximate surface area is 248 Å². The maximum absolute atomic E-state index is 10.2. The third-order valence-corrected chi connectivity index (χ3v) is 8.03. The van der Waals surface area contributed by atoms with Crippen LogP contribution in [0.25, 0.3) is 0 Å². The zero-order valence-electron chi connectivity index (χ0n) is 25.8. The molecule has 0 saturated heterocycles. The summed E-state index contributed by atoms with van der Waals surface area (Å²) in [5.74, 6) is 0. The predicted molar refractivity (Wildman–Crippen MR) is 175 cm³/mol. The summed E-state index contributed by atoms with van der Waals surface area (Å²) >= 11 is 0. The predicted octanol–water partition coefficient (Wildman–Crippen LogP) is 13.3. The van der Waals surface area contributed by atoms with Crippen molar-refractivity contribution in [3.05, 3.63) is 0 Å². The largest absolute Gasteiger partial charge is 0.393 e. The maximum Gasteiger partial charge on any atom is 0.0540 e. The SMILES string of the molecule is CCCCCCCCCCCCCCCCCC(O)CCCCCCCCCCCCCCCC.Cl.Cl. The summed E-state index contributed by atoms with van der Waals surface area (Å²) in [5.41, 5.74) is 0. The second kappa shape index (κ2) is 38.7. The summed E-state index contributed by atoms with van der Waals surface area (Å²) in [6.07, 6.45) is 43.0. The molecule has 0 spiro atoms. The fourth-order valence-electron chi connectivity index (χ4n) is 5.47. The summed E-state index contributed by atoms with van der Waals surface area (Å²) in [4.78, 5) is 0. The molecule has 0 aromatic heterocycles. The van der Waals surface area contributed by atoms with Gasteiger partial charge in [-0.3, -0.25) is 0 Å². The average Bonchev–Trinajstić information content (AvgIpc) is 2.86. The van der Waals surface area contributed by atoms with Gasteiger partial charge in [0.15, 0.2) is 0 Å². The summed E-state index contributed by atoms with van der Waals surface area (Å²) < 4.78 is 0. The van der Waals surface area contributed by atoms with E-state index < -0.39 is 0 Å². The highest BCUT2D eigenvalue weighted by atomic mass is 35.5. The topological polar surface area (TPSA) is 20.2 Å². The molecule has 0 amide bonds. The van der Waals surface area contributed by atoms with Crippen LogP contribution in [0.3, 0.4) is 0 Å². The smallest absolute Gasteiger partial charge is 0.0540 e. The molecule has 1 atom stereocenters. The molecule has 0 aliphatic heterocycles. The second-order valence-electron chi connectivity index (χ2n) is 11.8. The molecule has 0 aromatic rings. The standard InChI is InChI=1S/C34H70O.2ClH/c1-3-5-7-9-11-13-15-17-19-21-23-25-27-29-31-33-34(35)32-30-28-26-24-22-20-18-16-14-12-10-8-6-4-2;;/h34-35H,3-33H2,1-2H3;2*1H. The number of hydrogen-bond acceptors (Lipinski definition) is 1. The molecule has 0 heterocycles. The van der Waals surface area contributed by atoms with Crippen molar-refractivity contribution in [3.63, 3.8) is 0 Å². The van der Waals surface area contributed by atoms with Crippen molar-refractivity contribution < 1.29 is 5.11 Å². The lowest BCUT2D eigenvalue weighted by Crippen LogP contribution is -2.05. The van der Waals surface area contributed by atoms with Crippen molar-refractivity contribution in [3.8, 4) is 0 Å². The number of aliphatic hydroxyl groups excluding tert-OH is 1. The normalized spacial score (nSPS) is 11.8. The van der Waals surface area contributed by atoms with E-state index in [-0.39, 0.29) is 30.9 Å². The Morgan fingerprint density at radius 2 is 0.459 bits per heavy atom. The Morgan fingerprint density at radius 3 is 0.649 bits per heavy atom. The lowest BCUT2D eigenvalue weighted by Gasteiger charge is -2.10. The molecule has 37 heavy (non-hydrogen) atoms. The Bertz CT molecular complexity index is 364. The fraction of sp³-hybridized carbons (Fsp3) is 1.00. The molecule has 0 saturated carbocycles. The number of hydrogen-bond donors (Lipinski definition) is 1. The first-order chi connectivity index (χ1) is 17.3. The molecule has 0 aliphatic carbocycles. The van der Waals surface area contributed by atoms with Crippen LogP contribution in [0, 0.1) is 0 Å². The monoisotopic (exact) mass is 566 g/mol. The molecule has 1 nitrogen and oxygen atoms in total. The Hall–Kier alpha value is 0.540. The third kappa shape index (κ3) is 38.8. The van der Waals surface area contributed by atoms with Crippen molar-refractivity contribution in [2.45, 2.75) is 219 Å². The van der Waals surface area contributed by atoms with Gasteiger partial charge in [0.25, 0.3) is 0 Å². The van der Waals surface area contributed by atoms with Crippen molar-refractivity contribution in [1.82, 2.24) is 0 Å². The van der Waals surface area contributed by atoms with Crippen LogP contribution in [-0.2, 0) is 0 Å². The molecule has 0 aliphatic rings. The molecule has 0 rings (SSSR count). The van der Waals surface area contributed by atoms with Crippen LogP contribution in [0.4, 0.5) is 0 Å². The summed E-state index contributed by atoms with van der Waals surface area (Å²) in [7, 11) is 0. The summed E-state index contributed by atoms with van der Waals surface area (Å²) in [6.45, 7) is 4.59. The first-order valence-corrected chi connectivity index (χ1v) is 17.0. The van der Waals surface area contributed by atoms with E-state index in [4.69, 9.17) is 0 Å². The van der Waals surface area contributed by atoms with Crippen molar-refractivity contribution in [2.24, 2.45) is 0 Å². The van der Waals surface area contributed by atoms with E-state index in [2.05, 4.69) is 13.8 Å². The lowest BCUT2D eigenvalue weighted by molar-refractivity contribution is 0.147. The maximum atomic E-state index is 10.2. The Balaban J connectivity index is -0.00000578. The summed E-state index contributed by atoms with van der Waals surface area (Å²) in [5, 5.41) is 10.2. The molecule has 0 fully saturated rings. The van der Waals surface area contributed by atoms with Gasteiger partial charge in [-0.1, -0.05) is 200 Å². The zero-order valence-corrected chi connectivity index (χ0v) is 27.4. The van der Waals surface area contributed by atoms with E-state index in [1.165, 1.54) is 186 Å². The quantitative estimate of drug-likeness (QED) is 0.0826. The van der Waals surface area contributed by atoms with Gasteiger partial charge in [0.2, 0.25) is 0 Å². The van der Waals surface area contributed by atoms with Gasteiger partial charge in [-0.2, -0.15) is 0 Å². The van der Waals surface area contributed by atoms with Crippen LogP contribution in [0.5, 0.6) is 0 Å². The van der Waals surface area contributed by atoms with Gasteiger partial charge in [0, 0.05) is 0 Å². The van der Waals surface area contributed by atoms with E-state index in [1.54, 1.807) is 0 Å². The molecule has 0 radical (unpaired) electrons. The molecule has 228 valence electrons. The van der Waals surface area contributed by atoms with E-state index in [1.807, 2.05) is 0 Å². The van der Waals surface area contributed by atoms with Gasteiger partial charge < -0.3 is 5.11 Å². The van der Waals surface area contributed by atoms with Gasteiger partial charge in [-0.05, 0) is 12.8 Å². The van der Waals surface area contributed by atoms with Crippen LogP contribution in [0.2, 0.25) is 0 Å². The van der Waals surface area contributed by atoms with Gasteiger partial charge in [0.1, 0.15) is 0 Å². The highest BCUT2D eigenvalue weighted by Gasteiger charge is 2.04. The van der Waals surface area contributed by atoms with Crippen LogP contribution in [0.15, 0.2) is 0 Å². The third-order valence-electron chi connectivity index (χ3n) is 8.03. The summed E-state index contributed by atoms with van der Waals surface area (Å²) in [6, 6.07) is 0. The molecule has 1 N–H and O–H groups in total. The highest BCUT2D eigenvalue weighted by molar-refractivity contribution is 5.85. The minimum atomic E-state index is -0.0331. The molecule has 1 unspecified atom stereocenters. The first-order valence-electron chi connectivity index (χ1n) is 17.0. The van der Waals surface area contributed by atoms with E-state index in [0.29, 0.717) is 0 Å². The molecule has 0 bridgehead atoms. The first kappa shape index (κ1) is 42.0. The minimum absolute atomic E-state index is 0. The van der Waals surface area contributed by atoms with Gasteiger partial charge in [-0.25, -0.2) is 0 Å². The van der Waals surface area contributed by atoms with Crippen molar-refractivity contribution >= 4 is 24.8 Å². The van der Waals surface area contributed by atoms with Crippen LogP contribution >= 0.6 is 24.8 Å². The zero-order chi connectivity index (χ0) is 25.5. The number of halogens is 2. The van der Waals surface area contributed by atoms with Gasteiger partial charge in [0.05, 0.1) is 6.10 Å². The number of aliphatic hydroxyl groups is 1. The van der Waals surface area contributed by atoms with Gasteiger partial charge in [-0.15, -0.1) is 24.8 Å². The molecule has 0 aromatic carbocycles. The number of rotatable bonds is 31. The van der Waals surface area contributed by atoms with Crippen LogP contribution < -0.4 is 0 Å². The van der Waals surface area contributed by atoms with E-state index in [0.717, 1.165) is 12.8 Å². The van der Waals surface area contributed by atoms with Crippen molar-refractivity contribution in [2.75, 3.05) is 0 Å². The van der Waals surface area contributed by atoms with Gasteiger partial charge >= 0.3 is 0 Å². The molecular formula is C34H72Cl2O. The number of unbranched alkanes of at least 4 members (excludes halogenated alkanes) is 27. The Morgan fingerprint density at radius 1 is 0.297 bits per heavy atom. The van der Waals surface area contributed by atoms with Crippen molar-refractivity contribution in [1.29, 1.82) is 0 Å². The van der Waals surface area contributed by atoms with Crippen LogP contribution in [0.1, 0.15) is 213 Å². The average molecular weight is 568 g/mol. The highest BCUT2D eigenvalue weighted by Crippen LogP contribution is 2.17. The molecular weight excluding hydrogens is 495 g/mol. The fourth-order valence-corrected chi connectivity index (χ4v) is 5.47. The Kier molecular flexibility index (Phi) is 43.9. The molecule has 3 heteroatoms.